The van der Waals surface area contributed by atoms with Crippen molar-refractivity contribution in [2.24, 2.45) is 0 Å². The topological polar surface area (TPSA) is 26.3 Å². The van der Waals surface area contributed by atoms with Gasteiger partial charge in [0.1, 0.15) is 18.2 Å². The Bertz CT molecular complexity index is 580. The number of hydrogen-bond donors (Lipinski definition) is 0. The maximum absolute atomic E-state index is 13.2. The Hall–Kier alpha value is -1.20. The molecule has 2 nitrogen and oxygen atoms in total. The second kappa shape index (κ2) is 5.63. The van der Waals surface area contributed by atoms with Crippen molar-refractivity contribution in [3.63, 3.8) is 0 Å². The number of halogens is 2. The predicted octanol–water partition coefficient (Wildman–Crippen LogP) is 4.43. The van der Waals surface area contributed by atoms with Crippen molar-refractivity contribution in [1.29, 1.82) is 0 Å². The van der Waals surface area contributed by atoms with E-state index in [1.165, 1.54) is 36.5 Å². The first-order valence-electron chi connectivity index (χ1n) is 5.23. The van der Waals surface area contributed by atoms with Crippen molar-refractivity contribution in [3.8, 4) is 5.75 Å². The molecular formula is C13H10BrFO2S. The summed E-state index contributed by atoms with van der Waals surface area (Å²) in [6.45, 7) is 1.74. The Morgan fingerprint density at radius 3 is 2.83 bits per heavy atom. The van der Waals surface area contributed by atoms with E-state index in [2.05, 4.69) is 15.9 Å². The number of ketones is 1. The Labute approximate surface area is 117 Å². The van der Waals surface area contributed by atoms with Gasteiger partial charge in [-0.2, -0.15) is 0 Å². The van der Waals surface area contributed by atoms with Gasteiger partial charge in [-0.25, -0.2) is 4.39 Å². The maximum atomic E-state index is 13.2. The monoisotopic (exact) mass is 328 g/mol. The number of carbonyl (C=O) groups is 1. The van der Waals surface area contributed by atoms with Gasteiger partial charge in [0.2, 0.25) is 0 Å². The van der Waals surface area contributed by atoms with E-state index in [1.54, 1.807) is 0 Å². The van der Waals surface area contributed by atoms with Crippen molar-refractivity contribution >= 4 is 33.0 Å². The summed E-state index contributed by atoms with van der Waals surface area (Å²) in [6.07, 6.45) is 0. The average molecular weight is 329 g/mol. The first-order chi connectivity index (χ1) is 8.58. The molecule has 2 rings (SSSR count). The maximum Gasteiger partial charge on any atom is 0.163 e. The van der Waals surface area contributed by atoms with E-state index in [-0.39, 0.29) is 11.5 Å². The van der Waals surface area contributed by atoms with Crippen molar-refractivity contribution in [2.45, 2.75) is 13.5 Å². The summed E-state index contributed by atoms with van der Waals surface area (Å²) in [4.78, 5) is 12.4. The number of carbonyl (C=O) groups excluding carboxylic acids is 1. The lowest BCUT2D eigenvalue weighted by Gasteiger charge is -2.09. The molecule has 0 radical (unpaired) electrons. The molecule has 0 amide bonds. The summed E-state index contributed by atoms with van der Waals surface area (Å²) < 4.78 is 19.6. The van der Waals surface area contributed by atoms with Crippen LogP contribution < -0.4 is 4.74 Å². The fourth-order valence-electron chi connectivity index (χ4n) is 1.48. The summed E-state index contributed by atoms with van der Waals surface area (Å²) >= 11 is 4.93. The van der Waals surface area contributed by atoms with E-state index in [4.69, 9.17) is 4.74 Å². The SMILES string of the molecule is CC(=O)c1ccc(F)cc1OCc1sccc1Br. The van der Waals surface area contributed by atoms with Gasteiger partial charge in [0, 0.05) is 10.5 Å². The van der Waals surface area contributed by atoms with Gasteiger partial charge >= 0.3 is 0 Å². The molecule has 0 atom stereocenters. The van der Waals surface area contributed by atoms with Gasteiger partial charge in [0.25, 0.3) is 0 Å². The normalized spacial score (nSPS) is 10.4. The van der Waals surface area contributed by atoms with Gasteiger partial charge in [0.15, 0.2) is 5.78 Å². The summed E-state index contributed by atoms with van der Waals surface area (Å²) in [5.74, 6) is -0.279. The molecular weight excluding hydrogens is 319 g/mol. The lowest BCUT2D eigenvalue weighted by molar-refractivity contribution is 0.101. The second-order valence-corrected chi connectivity index (χ2v) is 5.53. The minimum Gasteiger partial charge on any atom is -0.487 e. The van der Waals surface area contributed by atoms with Crippen LogP contribution in [0, 0.1) is 5.82 Å². The molecule has 1 aromatic carbocycles. The number of ether oxygens (including phenoxy) is 1. The van der Waals surface area contributed by atoms with Crippen molar-refractivity contribution in [3.05, 3.63) is 50.4 Å². The fraction of sp³-hybridized carbons (Fsp3) is 0.154. The molecule has 0 aliphatic rings. The average Bonchev–Trinajstić information content (AvgIpc) is 2.72. The molecule has 0 unspecified atom stereocenters. The molecule has 1 aromatic heterocycles. The molecule has 18 heavy (non-hydrogen) atoms. The van der Waals surface area contributed by atoms with Crippen LogP contribution in [-0.4, -0.2) is 5.78 Å². The first-order valence-corrected chi connectivity index (χ1v) is 6.90. The highest BCUT2D eigenvalue weighted by Gasteiger charge is 2.11. The van der Waals surface area contributed by atoms with Crippen LogP contribution in [0.2, 0.25) is 0 Å². The van der Waals surface area contributed by atoms with Crippen molar-refractivity contribution in [2.75, 3.05) is 0 Å². The van der Waals surface area contributed by atoms with Crippen molar-refractivity contribution in [1.82, 2.24) is 0 Å². The largest absolute Gasteiger partial charge is 0.487 e. The van der Waals surface area contributed by atoms with E-state index in [9.17, 15) is 9.18 Å². The fourth-order valence-corrected chi connectivity index (χ4v) is 2.86. The molecule has 0 N–H and O–H groups in total. The quantitative estimate of drug-likeness (QED) is 0.776. The highest BCUT2D eigenvalue weighted by Crippen LogP contribution is 2.26. The molecule has 5 heteroatoms. The lowest BCUT2D eigenvalue weighted by atomic mass is 10.1. The molecule has 0 aliphatic carbocycles. The smallest absolute Gasteiger partial charge is 0.163 e. The van der Waals surface area contributed by atoms with Crippen LogP contribution in [-0.2, 0) is 6.61 Å². The van der Waals surface area contributed by atoms with Gasteiger partial charge in [-0.05, 0) is 46.4 Å². The minimum atomic E-state index is -0.416. The number of benzene rings is 1. The Kier molecular flexibility index (Phi) is 4.14. The Balaban J connectivity index is 2.20. The molecule has 0 fully saturated rings. The van der Waals surface area contributed by atoms with Crippen LogP contribution in [0.4, 0.5) is 4.39 Å². The summed E-state index contributed by atoms with van der Waals surface area (Å²) in [5, 5.41) is 1.93. The summed E-state index contributed by atoms with van der Waals surface area (Å²) in [5.41, 5.74) is 0.393. The highest BCUT2D eigenvalue weighted by atomic mass is 79.9. The molecule has 2 aromatic rings. The molecule has 0 bridgehead atoms. The number of rotatable bonds is 4. The van der Waals surface area contributed by atoms with Gasteiger partial charge in [-0.1, -0.05) is 0 Å². The van der Waals surface area contributed by atoms with Crippen LogP contribution in [0.25, 0.3) is 0 Å². The van der Waals surface area contributed by atoms with Crippen LogP contribution in [0.3, 0.4) is 0 Å². The lowest BCUT2D eigenvalue weighted by Crippen LogP contribution is -2.01. The zero-order valence-corrected chi connectivity index (χ0v) is 12.0. The Morgan fingerprint density at radius 1 is 1.44 bits per heavy atom. The number of Topliss-reactive ketones (excluding diaryl/α,β-unsaturated/α-hetero) is 1. The zero-order chi connectivity index (χ0) is 13.1. The van der Waals surface area contributed by atoms with E-state index < -0.39 is 5.82 Å². The number of hydrogen-bond acceptors (Lipinski definition) is 3. The third-order valence-electron chi connectivity index (χ3n) is 2.37. The third kappa shape index (κ3) is 2.97. The van der Waals surface area contributed by atoms with Gasteiger partial charge in [-0.15, -0.1) is 11.3 Å². The van der Waals surface area contributed by atoms with Crippen LogP contribution >= 0.6 is 27.3 Å². The van der Waals surface area contributed by atoms with E-state index in [0.29, 0.717) is 12.2 Å². The first kappa shape index (κ1) is 13.2. The van der Waals surface area contributed by atoms with Gasteiger partial charge < -0.3 is 4.74 Å². The van der Waals surface area contributed by atoms with Crippen LogP contribution in [0.15, 0.2) is 34.1 Å². The van der Waals surface area contributed by atoms with E-state index >= 15 is 0 Å². The summed E-state index contributed by atoms with van der Waals surface area (Å²) in [6, 6.07) is 5.85. The third-order valence-corrected chi connectivity index (χ3v) is 4.27. The number of thiophene rings is 1. The minimum absolute atomic E-state index is 0.143. The van der Waals surface area contributed by atoms with E-state index in [1.807, 2.05) is 11.4 Å². The molecule has 1 heterocycles. The van der Waals surface area contributed by atoms with E-state index in [0.717, 1.165) is 9.35 Å². The van der Waals surface area contributed by atoms with Gasteiger partial charge in [-0.3, -0.25) is 4.79 Å². The molecule has 0 saturated heterocycles. The highest BCUT2D eigenvalue weighted by molar-refractivity contribution is 9.10. The molecule has 0 saturated carbocycles. The standard InChI is InChI=1S/C13H10BrFO2S/c1-8(16)10-3-2-9(15)6-12(10)17-7-13-11(14)4-5-18-13/h2-6H,7H2,1H3. The van der Waals surface area contributed by atoms with Crippen LogP contribution in [0.1, 0.15) is 22.2 Å². The zero-order valence-electron chi connectivity index (χ0n) is 9.57. The second-order valence-electron chi connectivity index (χ2n) is 3.68. The molecule has 0 aliphatic heterocycles. The Morgan fingerprint density at radius 2 is 2.22 bits per heavy atom. The molecule has 94 valence electrons. The van der Waals surface area contributed by atoms with Crippen molar-refractivity contribution < 1.29 is 13.9 Å². The van der Waals surface area contributed by atoms with Crippen LogP contribution in [0.5, 0.6) is 5.75 Å². The predicted molar refractivity (Wildman–Crippen MR) is 72.8 cm³/mol. The summed E-state index contributed by atoms with van der Waals surface area (Å²) in [7, 11) is 0. The van der Waals surface area contributed by atoms with Gasteiger partial charge in [0.05, 0.1) is 10.4 Å². The molecule has 0 spiro atoms.